The average molecular weight is 325 g/mol. The zero-order valence-electron chi connectivity index (χ0n) is 13.3. The van der Waals surface area contributed by atoms with E-state index in [4.69, 9.17) is 16.7 Å². The van der Waals surface area contributed by atoms with Gasteiger partial charge in [0.05, 0.1) is 0 Å². The Kier molecular flexibility index (Phi) is 5.70. The molecule has 0 aliphatic carbocycles. The molecule has 0 aromatic heterocycles. The largest absolute Gasteiger partial charge is 0.396 e. The average Bonchev–Trinajstić information content (AvgIpc) is 2.53. The molecular weight excluding hydrogens is 300 g/mol. The molecule has 0 bridgehead atoms. The lowest BCUT2D eigenvalue weighted by Crippen LogP contribution is -2.47. The molecule has 2 amide bonds. The highest BCUT2D eigenvalue weighted by atomic mass is 35.5. The molecule has 0 atom stereocenters. The van der Waals surface area contributed by atoms with Crippen molar-refractivity contribution in [2.45, 2.75) is 32.1 Å². The number of likely N-dealkylation sites (tertiary alicyclic amines) is 1. The maximum atomic E-state index is 12.3. The van der Waals surface area contributed by atoms with Crippen molar-refractivity contribution in [2.75, 3.05) is 26.2 Å². The van der Waals surface area contributed by atoms with Crippen molar-refractivity contribution in [3.63, 3.8) is 0 Å². The Hall–Kier alpha value is -1.26. The summed E-state index contributed by atoms with van der Waals surface area (Å²) in [5.74, 6) is 0.337. The van der Waals surface area contributed by atoms with Crippen LogP contribution >= 0.6 is 11.6 Å². The van der Waals surface area contributed by atoms with E-state index in [9.17, 15) is 4.79 Å². The number of halogens is 1. The minimum Gasteiger partial charge on any atom is -0.396 e. The number of nitrogens with one attached hydrogen (secondary N) is 1. The molecule has 0 unspecified atom stereocenters. The summed E-state index contributed by atoms with van der Waals surface area (Å²) in [5.41, 5.74) is 0.813. The number of hydrogen-bond donors (Lipinski definition) is 2. The number of hydrogen-bond acceptors (Lipinski definition) is 2. The Morgan fingerprint density at radius 3 is 2.59 bits per heavy atom. The van der Waals surface area contributed by atoms with Gasteiger partial charge in [-0.1, -0.05) is 43.6 Å². The third-order valence-corrected chi connectivity index (χ3v) is 4.77. The lowest BCUT2D eigenvalue weighted by Gasteiger charge is -2.33. The number of nitrogens with zero attached hydrogens (tertiary/aromatic N) is 1. The van der Waals surface area contributed by atoms with Gasteiger partial charge in [0.1, 0.15) is 0 Å². The van der Waals surface area contributed by atoms with Crippen molar-refractivity contribution in [1.29, 1.82) is 0 Å². The molecule has 1 heterocycles. The maximum absolute atomic E-state index is 12.3. The summed E-state index contributed by atoms with van der Waals surface area (Å²) < 4.78 is 0. The van der Waals surface area contributed by atoms with Crippen molar-refractivity contribution in [3.05, 3.63) is 34.9 Å². The van der Waals surface area contributed by atoms with Crippen LogP contribution in [0.1, 0.15) is 32.3 Å². The van der Waals surface area contributed by atoms with E-state index in [-0.39, 0.29) is 18.1 Å². The fourth-order valence-corrected chi connectivity index (χ4v) is 3.22. The first-order chi connectivity index (χ1) is 10.4. The first-order valence-electron chi connectivity index (χ1n) is 7.82. The van der Waals surface area contributed by atoms with E-state index in [1.54, 1.807) is 0 Å². The van der Waals surface area contributed by atoms with Crippen LogP contribution in [0.4, 0.5) is 4.79 Å². The van der Waals surface area contributed by atoms with E-state index in [1.165, 1.54) is 0 Å². The fraction of sp³-hybridized carbons (Fsp3) is 0.588. The second-order valence-corrected chi connectivity index (χ2v) is 7.04. The number of benzene rings is 1. The summed E-state index contributed by atoms with van der Waals surface area (Å²) in [4.78, 5) is 14.1. The van der Waals surface area contributed by atoms with Gasteiger partial charge in [-0.3, -0.25) is 0 Å². The molecule has 5 heteroatoms. The number of urea groups is 1. The van der Waals surface area contributed by atoms with Gasteiger partial charge in [0, 0.05) is 36.7 Å². The summed E-state index contributed by atoms with van der Waals surface area (Å²) in [5, 5.41) is 12.9. The Bertz CT molecular complexity index is 511. The number of carbonyl (C=O) groups is 1. The number of piperidine rings is 1. The minimum absolute atomic E-state index is 0.0310. The third kappa shape index (κ3) is 4.14. The highest BCUT2D eigenvalue weighted by molar-refractivity contribution is 6.31. The molecular formula is C17H25ClN2O2. The molecule has 0 radical (unpaired) electrons. The third-order valence-electron chi connectivity index (χ3n) is 4.44. The molecule has 2 rings (SSSR count). The minimum atomic E-state index is -0.225. The summed E-state index contributed by atoms with van der Waals surface area (Å²) in [7, 11) is 0. The molecule has 1 aromatic carbocycles. The van der Waals surface area contributed by atoms with Crippen LogP contribution in [0.15, 0.2) is 24.3 Å². The quantitative estimate of drug-likeness (QED) is 0.894. The normalized spacial score (nSPS) is 16.6. The number of carbonyl (C=O) groups excluding carboxylic acids is 1. The summed E-state index contributed by atoms with van der Waals surface area (Å²) in [6, 6.07) is 7.72. The van der Waals surface area contributed by atoms with Crippen LogP contribution in [0.25, 0.3) is 0 Å². The molecule has 22 heavy (non-hydrogen) atoms. The number of rotatable bonds is 4. The van der Waals surface area contributed by atoms with Crippen LogP contribution in [-0.2, 0) is 5.41 Å². The van der Waals surface area contributed by atoms with Gasteiger partial charge in [-0.05, 0) is 30.4 Å². The van der Waals surface area contributed by atoms with Crippen LogP contribution in [0, 0.1) is 5.92 Å². The van der Waals surface area contributed by atoms with Crippen molar-refractivity contribution >= 4 is 17.6 Å². The van der Waals surface area contributed by atoms with Gasteiger partial charge in [-0.25, -0.2) is 4.79 Å². The van der Waals surface area contributed by atoms with Gasteiger partial charge in [-0.2, -0.15) is 0 Å². The maximum Gasteiger partial charge on any atom is 0.317 e. The first-order valence-corrected chi connectivity index (χ1v) is 8.20. The molecule has 1 fully saturated rings. The zero-order valence-corrected chi connectivity index (χ0v) is 14.1. The van der Waals surface area contributed by atoms with Crippen molar-refractivity contribution < 1.29 is 9.90 Å². The summed E-state index contributed by atoms with van der Waals surface area (Å²) >= 11 is 6.26. The van der Waals surface area contributed by atoms with Gasteiger partial charge in [0.2, 0.25) is 0 Å². The Morgan fingerprint density at radius 1 is 1.36 bits per heavy atom. The smallest absolute Gasteiger partial charge is 0.317 e. The highest BCUT2D eigenvalue weighted by Crippen LogP contribution is 2.29. The molecule has 1 saturated heterocycles. The SMILES string of the molecule is CC(C)(CNC(=O)N1CCC(CO)CC1)c1ccccc1Cl. The Balaban J connectivity index is 1.89. The molecule has 2 N–H and O–H groups in total. The summed E-state index contributed by atoms with van der Waals surface area (Å²) in [6.07, 6.45) is 1.75. The van der Waals surface area contributed by atoms with Crippen LogP contribution < -0.4 is 5.32 Å². The first kappa shape index (κ1) is 17.1. The van der Waals surface area contributed by atoms with Crippen LogP contribution in [0.5, 0.6) is 0 Å². The Labute approximate surface area is 137 Å². The van der Waals surface area contributed by atoms with Gasteiger partial charge in [0.25, 0.3) is 0 Å². The van der Waals surface area contributed by atoms with Gasteiger partial charge < -0.3 is 15.3 Å². The number of aliphatic hydroxyl groups is 1. The Morgan fingerprint density at radius 2 is 2.00 bits per heavy atom. The predicted molar refractivity (Wildman–Crippen MR) is 89.3 cm³/mol. The van der Waals surface area contributed by atoms with E-state index in [0.29, 0.717) is 25.6 Å². The van der Waals surface area contributed by atoms with E-state index in [2.05, 4.69) is 19.2 Å². The van der Waals surface area contributed by atoms with E-state index in [1.807, 2.05) is 29.2 Å². The predicted octanol–water partition coefficient (Wildman–Crippen LogP) is 3.03. The van der Waals surface area contributed by atoms with Gasteiger partial charge in [0.15, 0.2) is 0 Å². The molecule has 4 nitrogen and oxygen atoms in total. The van der Waals surface area contributed by atoms with Crippen molar-refractivity contribution in [2.24, 2.45) is 5.92 Å². The zero-order chi connectivity index (χ0) is 16.2. The second kappa shape index (κ2) is 7.34. The molecule has 1 aliphatic rings. The topological polar surface area (TPSA) is 52.6 Å². The van der Waals surface area contributed by atoms with Gasteiger partial charge >= 0.3 is 6.03 Å². The molecule has 122 valence electrons. The van der Waals surface area contributed by atoms with Crippen LogP contribution in [0.2, 0.25) is 5.02 Å². The van der Waals surface area contributed by atoms with Crippen LogP contribution in [-0.4, -0.2) is 42.3 Å². The van der Waals surface area contributed by atoms with E-state index >= 15 is 0 Å². The van der Waals surface area contributed by atoms with Crippen molar-refractivity contribution in [3.8, 4) is 0 Å². The van der Waals surface area contributed by atoms with Crippen molar-refractivity contribution in [1.82, 2.24) is 10.2 Å². The molecule has 0 saturated carbocycles. The second-order valence-electron chi connectivity index (χ2n) is 6.64. The lowest BCUT2D eigenvalue weighted by molar-refractivity contribution is 0.136. The molecule has 1 aliphatic heterocycles. The van der Waals surface area contributed by atoms with E-state index in [0.717, 1.165) is 23.4 Å². The summed E-state index contributed by atoms with van der Waals surface area (Å²) in [6.45, 7) is 6.33. The monoisotopic (exact) mass is 324 g/mol. The number of amides is 2. The highest BCUT2D eigenvalue weighted by Gasteiger charge is 2.26. The lowest BCUT2D eigenvalue weighted by atomic mass is 9.84. The number of aliphatic hydroxyl groups excluding tert-OH is 1. The molecule has 0 spiro atoms. The van der Waals surface area contributed by atoms with Gasteiger partial charge in [-0.15, -0.1) is 0 Å². The van der Waals surface area contributed by atoms with E-state index < -0.39 is 0 Å². The fourth-order valence-electron chi connectivity index (χ4n) is 2.83. The molecule has 1 aromatic rings. The van der Waals surface area contributed by atoms with Crippen LogP contribution in [0.3, 0.4) is 0 Å². The standard InChI is InChI=1S/C17H25ClN2O2/c1-17(2,14-5-3-4-6-15(14)18)12-19-16(22)20-9-7-13(11-21)8-10-20/h3-6,13,21H,7-12H2,1-2H3,(H,19,22).